The molecule has 16 heteroatoms. The highest BCUT2D eigenvalue weighted by molar-refractivity contribution is 6.06. The lowest BCUT2D eigenvalue weighted by molar-refractivity contribution is -0.139. The normalized spacial score (nSPS) is 15.7. The fraction of sp³-hybridized carbons (Fsp3) is 0.538. The molecule has 1 aromatic carbocycles. The molecule has 0 fully saturated rings. The van der Waals surface area contributed by atoms with Crippen molar-refractivity contribution in [2.45, 2.75) is 110 Å². The average Bonchev–Trinajstić information content (AvgIpc) is 3.56. The molecule has 16 nitrogen and oxygen atoms in total. The molecule has 0 spiro atoms. The Morgan fingerprint density at radius 2 is 1.56 bits per heavy atom. The number of carboxylic acid groups (broad SMARTS) is 1. The third-order valence-electron chi connectivity index (χ3n) is 9.07. The van der Waals surface area contributed by atoms with Crippen LogP contribution in [0.15, 0.2) is 47.8 Å². The minimum atomic E-state index is -1.16. The van der Waals surface area contributed by atoms with Gasteiger partial charge in [0.2, 0.25) is 17.7 Å². The van der Waals surface area contributed by atoms with Crippen LogP contribution in [0.4, 0.5) is 15.3 Å². The molecule has 4 rings (SSSR count). The van der Waals surface area contributed by atoms with Gasteiger partial charge in [-0.25, -0.2) is 19.4 Å². The number of nitrogens with zero attached hydrogens (tertiary/aromatic N) is 4. The zero-order valence-corrected chi connectivity index (χ0v) is 32.2. The van der Waals surface area contributed by atoms with Crippen molar-refractivity contribution in [3.8, 4) is 0 Å². The number of urea groups is 1. The first-order valence-corrected chi connectivity index (χ1v) is 18.9. The summed E-state index contributed by atoms with van der Waals surface area (Å²) in [5.74, 6) is -1.62. The smallest absolute Gasteiger partial charge is 0.408 e. The molecule has 0 saturated heterocycles. The van der Waals surface area contributed by atoms with Crippen molar-refractivity contribution >= 4 is 47.2 Å². The molecule has 0 aliphatic carbocycles. The number of hydrazone groups is 1. The van der Waals surface area contributed by atoms with Crippen LogP contribution < -0.4 is 21.3 Å². The standard InChI is InChI=1S/C39H54N8O8/c1-26-22-34(50)47(45-35(26)27-13-15-30(16-14-27)43-37(53)46-24-28-17-20-40-23-29(28)25-46)21-8-7-19-42-33(49)12-9-11-32(48)41-18-6-5-10-31(36(51)52)44-38(54)55-39(2,3)4/h13-17,20,23,26,31H,5-12,18-19,21-22,24-25H2,1-4H3,(H,41,48)(H,42,49)(H,43,53)(H,44,54)(H,51,52)/t26-,31-/m0/s1. The molecular weight excluding hydrogens is 708 g/mol. The van der Waals surface area contributed by atoms with Crippen LogP contribution in [-0.2, 0) is 37.0 Å². The number of rotatable bonds is 18. The maximum Gasteiger partial charge on any atom is 0.408 e. The molecule has 0 radical (unpaired) electrons. The molecule has 0 saturated carbocycles. The Kier molecular flexibility index (Phi) is 15.5. The number of nitrogens with one attached hydrogen (secondary N) is 4. The van der Waals surface area contributed by atoms with E-state index in [0.717, 1.165) is 22.4 Å². The Balaban J connectivity index is 1.07. The summed E-state index contributed by atoms with van der Waals surface area (Å²) in [7, 11) is 0. The fourth-order valence-electron chi connectivity index (χ4n) is 6.16. The maximum atomic E-state index is 12.8. The Bertz CT molecular complexity index is 1680. The SMILES string of the molecule is C[C@H]1CC(=O)N(CCCCNC(=O)CCCC(=O)NCCCC[C@H](NC(=O)OC(C)(C)C)C(=O)O)N=C1c1ccc(NC(=O)N2Cc3ccncc3C2)cc1. The molecule has 55 heavy (non-hydrogen) atoms. The summed E-state index contributed by atoms with van der Waals surface area (Å²) in [5.41, 5.74) is 3.75. The van der Waals surface area contributed by atoms with Gasteiger partial charge in [0.1, 0.15) is 11.6 Å². The zero-order chi connectivity index (χ0) is 40.0. The van der Waals surface area contributed by atoms with E-state index in [1.807, 2.05) is 37.3 Å². The van der Waals surface area contributed by atoms with E-state index in [-0.39, 0.29) is 48.9 Å². The molecule has 298 valence electrons. The lowest BCUT2D eigenvalue weighted by atomic mass is 9.93. The van der Waals surface area contributed by atoms with E-state index in [1.54, 1.807) is 38.1 Å². The number of amides is 6. The number of aliphatic carboxylic acids is 1. The van der Waals surface area contributed by atoms with Crippen LogP contribution in [0.5, 0.6) is 0 Å². The molecule has 2 aliphatic rings. The first-order valence-electron chi connectivity index (χ1n) is 18.9. The fourth-order valence-corrected chi connectivity index (χ4v) is 6.16. The number of fused-ring (bicyclic) bond motifs is 1. The predicted molar refractivity (Wildman–Crippen MR) is 205 cm³/mol. The Labute approximate surface area is 321 Å². The van der Waals surface area contributed by atoms with Crippen molar-refractivity contribution in [3.05, 3.63) is 59.4 Å². The minimum absolute atomic E-state index is 0.0519. The van der Waals surface area contributed by atoms with Crippen LogP contribution in [0.3, 0.4) is 0 Å². The van der Waals surface area contributed by atoms with Crippen LogP contribution in [0, 0.1) is 5.92 Å². The first kappa shape index (κ1) is 42.2. The lowest BCUT2D eigenvalue weighted by Gasteiger charge is -2.28. The molecule has 2 aliphatic heterocycles. The third kappa shape index (κ3) is 14.0. The van der Waals surface area contributed by atoms with Crippen molar-refractivity contribution < 1.29 is 38.6 Å². The second kappa shape index (κ2) is 20.2. The van der Waals surface area contributed by atoms with Gasteiger partial charge in [-0.3, -0.25) is 19.4 Å². The number of hydrogen-bond donors (Lipinski definition) is 5. The van der Waals surface area contributed by atoms with Gasteiger partial charge in [-0.1, -0.05) is 19.1 Å². The van der Waals surface area contributed by atoms with E-state index < -0.39 is 23.7 Å². The van der Waals surface area contributed by atoms with Crippen LogP contribution in [-0.4, -0.2) is 92.8 Å². The summed E-state index contributed by atoms with van der Waals surface area (Å²) in [6.45, 7) is 9.30. The topological polar surface area (TPSA) is 212 Å². The number of hydrogen-bond acceptors (Lipinski definition) is 9. The minimum Gasteiger partial charge on any atom is -0.480 e. The van der Waals surface area contributed by atoms with Gasteiger partial charge < -0.3 is 36.0 Å². The maximum absolute atomic E-state index is 12.8. The molecule has 2 atom stereocenters. The van der Waals surface area contributed by atoms with Crippen molar-refractivity contribution in [2.24, 2.45) is 11.0 Å². The van der Waals surface area contributed by atoms with Crippen LogP contribution in [0.2, 0.25) is 0 Å². The van der Waals surface area contributed by atoms with Gasteiger partial charge >= 0.3 is 18.1 Å². The summed E-state index contributed by atoms with van der Waals surface area (Å²) in [6, 6.07) is 8.12. The molecule has 2 aromatic rings. The Morgan fingerprint density at radius 3 is 2.20 bits per heavy atom. The number of pyridine rings is 1. The highest BCUT2D eigenvalue weighted by atomic mass is 16.6. The Morgan fingerprint density at radius 1 is 0.909 bits per heavy atom. The van der Waals surface area contributed by atoms with Crippen molar-refractivity contribution in [2.75, 3.05) is 25.0 Å². The van der Waals surface area contributed by atoms with E-state index in [2.05, 4.69) is 31.4 Å². The predicted octanol–water partition coefficient (Wildman–Crippen LogP) is 4.53. The van der Waals surface area contributed by atoms with Crippen molar-refractivity contribution in [3.63, 3.8) is 0 Å². The summed E-state index contributed by atoms with van der Waals surface area (Å²) >= 11 is 0. The van der Waals surface area contributed by atoms with Gasteiger partial charge in [-0.05, 0) is 94.2 Å². The summed E-state index contributed by atoms with van der Waals surface area (Å²) < 4.78 is 5.11. The molecule has 6 amide bonds. The second-order valence-electron chi connectivity index (χ2n) is 14.9. The summed E-state index contributed by atoms with van der Waals surface area (Å²) in [6.07, 6.45) is 6.32. The molecule has 1 aromatic heterocycles. The van der Waals surface area contributed by atoms with Crippen LogP contribution in [0.25, 0.3) is 0 Å². The highest BCUT2D eigenvalue weighted by Crippen LogP contribution is 2.24. The molecule has 5 N–H and O–H groups in total. The van der Waals surface area contributed by atoms with Gasteiger partial charge in [0.25, 0.3) is 0 Å². The van der Waals surface area contributed by atoms with E-state index in [4.69, 9.17) is 4.74 Å². The first-order chi connectivity index (χ1) is 26.2. The number of unbranched alkanes of at least 4 members (excludes halogenated alkanes) is 2. The number of benzene rings is 1. The third-order valence-corrected chi connectivity index (χ3v) is 9.07. The monoisotopic (exact) mass is 762 g/mol. The molecule has 0 unspecified atom stereocenters. The number of ether oxygens (including phenoxy) is 1. The number of alkyl carbamates (subject to hydrolysis) is 1. The zero-order valence-electron chi connectivity index (χ0n) is 32.2. The number of carboxylic acids is 1. The highest BCUT2D eigenvalue weighted by Gasteiger charge is 2.28. The number of carbonyl (C=O) groups excluding carboxylic acids is 5. The van der Waals surface area contributed by atoms with Gasteiger partial charge in [0, 0.05) is 76.0 Å². The average molecular weight is 763 g/mol. The van der Waals surface area contributed by atoms with Gasteiger partial charge in [0.15, 0.2) is 0 Å². The quantitative estimate of drug-likeness (QED) is 0.135. The van der Waals surface area contributed by atoms with Gasteiger partial charge in [0.05, 0.1) is 5.71 Å². The van der Waals surface area contributed by atoms with Crippen molar-refractivity contribution in [1.29, 1.82) is 0 Å². The number of carbonyl (C=O) groups is 6. The van der Waals surface area contributed by atoms with Crippen LogP contribution in [0.1, 0.15) is 102 Å². The molecular formula is C39H54N8O8. The van der Waals surface area contributed by atoms with E-state index >= 15 is 0 Å². The Hall–Kier alpha value is -5.54. The summed E-state index contributed by atoms with van der Waals surface area (Å²) in [5, 5.41) is 26.5. The number of anilines is 1. The van der Waals surface area contributed by atoms with Gasteiger partial charge in [-0.15, -0.1) is 0 Å². The number of aromatic nitrogens is 1. The van der Waals surface area contributed by atoms with E-state index in [0.29, 0.717) is 76.9 Å². The van der Waals surface area contributed by atoms with E-state index in [1.165, 1.54) is 5.01 Å². The largest absolute Gasteiger partial charge is 0.480 e. The van der Waals surface area contributed by atoms with Crippen molar-refractivity contribution in [1.82, 2.24) is 30.8 Å². The second-order valence-corrected chi connectivity index (χ2v) is 14.9. The molecule has 0 bridgehead atoms. The van der Waals surface area contributed by atoms with E-state index in [9.17, 15) is 33.9 Å². The van der Waals surface area contributed by atoms with Crippen LogP contribution >= 0.6 is 0 Å². The van der Waals surface area contributed by atoms with Gasteiger partial charge in [-0.2, -0.15) is 5.10 Å². The summed E-state index contributed by atoms with van der Waals surface area (Å²) in [4.78, 5) is 79.3. The molecule has 3 heterocycles. The lowest BCUT2D eigenvalue weighted by Crippen LogP contribution is -2.43.